The molecule has 6 heteroatoms. The highest BCUT2D eigenvalue weighted by Gasteiger charge is 1.96. The van der Waals surface area contributed by atoms with Gasteiger partial charge in [0.1, 0.15) is 11.4 Å². The van der Waals surface area contributed by atoms with Crippen LogP contribution in [0.3, 0.4) is 0 Å². The maximum absolute atomic E-state index is 4.07. The molecule has 2 aromatic heterocycles. The summed E-state index contributed by atoms with van der Waals surface area (Å²) < 4.78 is 0. The number of imidazole rings is 2. The van der Waals surface area contributed by atoms with Gasteiger partial charge in [0.05, 0.1) is 25.1 Å². The fourth-order valence-corrected chi connectivity index (χ4v) is 1.18. The third-order valence-electron chi connectivity index (χ3n) is 2.16. The second-order valence-electron chi connectivity index (χ2n) is 3.31. The molecule has 0 aliphatic carbocycles. The molecule has 0 aliphatic heterocycles. The van der Waals surface area contributed by atoms with Crippen LogP contribution >= 0.6 is 0 Å². The van der Waals surface area contributed by atoms with Crippen LogP contribution in [-0.2, 0) is 0 Å². The fourth-order valence-electron chi connectivity index (χ4n) is 1.18. The number of hydrogen-bond acceptors (Lipinski definition) is 4. The summed E-state index contributed by atoms with van der Waals surface area (Å²) in [6.45, 7) is 3.85. The lowest BCUT2D eigenvalue weighted by atomic mass is 10.4. The van der Waals surface area contributed by atoms with Crippen LogP contribution in [0.4, 0.5) is 0 Å². The van der Waals surface area contributed by atoms with Gasteiger partial charge in [0, 0.05) is 11.4 Å². The Morgan fingerprint density at radius 2 is 1.38 bits per heavy atom. The summed E-state index contributed by atoms with van der Waals surface area (Å²) in [6, 6.07) is 0. The molecular weight excluding hydrogens is 204 g/mol. The molecule has 0 amide bonds. The average molecular weight is 216 g/mol. The largest absolute Gasteiger partial charge is 0.348 e. The Balaban J connectivity index is 2.03. The zero-order valence-corrected chi connectivity index (χ0v) is 9.10. The highest BCUT2D eigenvalue weighted by molar-refractivity contribution is 5.81. The van der Waals surface area contributed by atoms with E-state index in [1.807, 2.05) is 13.8 Å². The van der Waals surface area contributed by atoms with Gasteiger partial charge in [-0.1, -0.05) is 0 Å². The minimum absolute atomic E-state index is 0.788. The molecule has 2 rings (SSSR count). The van der Waals surface area contributed by atoms with E-state index >= 15 is 0 Å². The molecule has 0 unspecified atom stereocenters. The predicted molar refractivity (Wildman–Crippen MR) is 61.8 cm³/mol. The molecule has 82 valence electrons. The van der Waals surface area contributed by atoms with Crippen molar-refractivity contribution in [2.75, 3.05) is 0 Å². The van der Waals surface area contributed by atoms with E-state index in [1.165, 1.54) is 0 Å². The molecule has 6 nitrogen and oxygen atoms in total. The minimum atomic E-state index is 0.788. The molecule has 0 aromatic carbocycles. The average Bonchev–Trinajstić information content (AvgIpc) is 2.84. The molecule has 2 heterocycles. The summed E-state index contributed by atoms with van der Waals surface area (Å²) in [5.74, 6) is 0. The van der Waals surface area contributed by atoms with E-state index in [1.54, 1.807) is 25.1 Å². The normalized spacial score (nSPS) is 11.9. The molecule has 16 heavy (non-hydrogen) atoms. The molecule has 0 radical (unpaired) electrons. The van der Waals surface area contributed by atoms with Crippen LogP contribution in [0.5, 0.6) is 0 Å². The second kappa shape index (κ2) is 4.52. The Kier molecular flexibility index (Phi) is 2.90. The number of hydrogen-bond donors (Lipinski definition) is 2. The Bertz CT molecular complexity index is 471. The topological polar surface area (TPSA) is 82.1 Å². The quantitative estimate of drug-likeness (QED) is 0.597. The van der Waals surface area contributed by atoms with E-state index < -0.39 is 0 Å². The van der Waals surface area contributed by atoms with Gasteiger partial charge in [-0.05, 0) is 13.8 Å². The van der Waals surface area contributed by atoms with E-state index in [-0.39, 0.29) is 0 Å². The zero-order valence-electron chi connectivity index (χ0n) is 9.10. The van der Waals surface area contributed by atoms with Crippen molar-refractivity contribution in [3.63, 3.8) is 0 Å². The molecule has 0 saturated heterocycles. The predicted octanol–water partition coefficient (Wildman–Crippen LogP) is 1.20. The number of aromatic amines is 2. The standard InChI is InChI=1S/C10H12N6/c1-7-9(13-5-11-7)3-15-16-4-10-8(2)12-6-14-10/h3-6H,1-2H3,(H,11,13)(H,12,14)/b15-3+,16-4+. The Labute approximate surface area is 92.6 Å². The summed E-state index contributed by atoms with van der Waals surface area (Å²) >= 11 is 0. The van der Waals surface area contributed by atoms with Crippen LogP contribution in [0.15, 0.2) is 22.9 Å². The number of rotatable bonds is 3. The SMILES string of the molecule is Cc1[nH]cnc1/C=N/N=C/c1nc[nH]c1C. The van der Waals surface area contributed by atoms with Crippen LogP contribution in [0.25, 0.3) is 0 Å². The molecule has 0 atom stereocenters. The first kappa shape index (κ1) is 10.3. The number of aryl methyl sites for hydroxylation is 2. The van der Waals surface area contributed by atoms with E-state index in [0.29, 0.717) is 0 Å². The lowest BCUT2D eigenvalue weighted by Gasteiger charge is -1.86. The van der Waals surface area contributed by atoms with Crippen LogP contribution in [0.1, 0.15) is 22.8 Å². The van der Waals surface area contributed by atoms with Crippen LogP contribution in [0, 0.1) is 13.8 Å². The van der Waals surface area contributed by atoms with Crippen molar-refractivity contribution in [2.45, 2.75) is 13.8 Å². The lowest BCUT2D eigenvalue weighted by Crippen LogP contribution is -1.86. The lowest BCUT2D eigenvalue weighted by molar-refractivity contribution is 1.23. The van der Waals surface area contributed by atoms with Crippen LogP contribution < -0.4 is 0 Å². The van der Waals surface area contributed by atoms with E-state index in [0.717, 1.165) is 22.8 Å². The van der Waals surface area contributed by atoms with Crippen molar-refractivity contribution >= 4 is 12.4 Å². The molecule has 2 N–H and O–H groups in total. The number of nitrogens with one attached hydrogen (secondary N) is 2. The van der Waals surface area contributed by atoms with Crippen molar-refractivity contribution in [1.82, 2.24) is 19.9 Å². The highest BCUT2D eigenvalue weighted by atomic mass is 15.2. The first-order valence-electron chi connectivity index (χ1n) is 4.83. The van der Waals surface area contributed by atoms with Gasteiger partial charge in [0.15, 0.2) is 0 Å². The van der Waals surface area contributed by atoms with Crippen molar-refractivity contribution in [3.05, 3.63) is 35.4 Å². The van der Waals surface area contributed by atoms with E-state index in [4.69, 9.17) is 0 Å². The zero-order chi connectivity index (χ0) is 11.4. The molecule has 0 fully saturated rings. The first-order chi connectivity index (χ1) is 7.77. The van der Waals surface area contributed by atoms with Gasteiger partial charge in [-0.25, -0.2) is 9.97 Å². The third kappa shape index (κ3) is 2.22. The molecule has 0 spiro atoms. The summed E-state index contributed by atoms with van der Waals surface area (Å²) in [5.41, 5.74) is 3.51. The second-order valence-corrected chi connectivity index (χ2v) is 3.31. The van der Waals surface area contributed by atoms with Crippen molar-refractivity contribution in [2.24, 2.45) is 10.2 Å². The Hall–Kier alpha value is -2.24. The number of nitrogens with zero attached hydrogens (tertiary/aromatic N) is 4. The Morgan fingerprint density at radius 1 is 0.938 bits per heavy atom. The van der Waals surface area contributed by atoms with Gasteiger partial charge in [-0.15, -0.1) is 0 Å². The molecular formula is C10H12N6. The van der Waals surface area contributed by atoms with E-state index in [9.17, 15) is 0 Å². The highest BCUT2D eigenvalue weighted by Crippen LogP contribution is 1.97. The molecule has 2 aromatic rings. The van der Waals surface area contributed by atoms with Gasteiger partial charge >= 0.3 is 0 Å². The molecule has 0 bridgehead atoms. The minimum Gasteiger partial charge on any atom is -0.348 e. The maximum Gasteiger partial charge on any atom is 0.104 e. The fraction of sp³-hybridized carbons (Fsp3) is 0.200. The van der Waals surface area contributed by atoms with Gasteiger partial charge in [-0.2, -0.15) is 10.2 Å². The number of aromatic nitrogens is 4. The van der Waals surface area contributed by atoms with Gasteiger partial charge in [0.2, 0.25) is 0 Å². The van der Waals surface area contributed by atoms with Crippen molar-refractivity contribution in [1.29, 1.82) is 0 Å². The molecule has 0 saturated carbocycles. The van der Waals surface area contributed by atoms with Gasteiger partial charge in [-0.3, -0.25) is 0 Å². The Morgan fingerprint density at radius 3 is 1.69 bits per heavy atom. The van der Waals surface area contributed by atoms with Crippen LogP contribution in [0.2, 0.25) is 0 Å². The number of H-pyrrole nitrogens is 2. The smallest absolute Gasteiger partial charge is 0.104 e. The summed E-state index contributed by atoms with van der Waals surface area (Å²) in [4.78, 5) is 14.1. The van der Waals surface area contributed by atoms with E-state index in [2.05, 4.69) is 30.1 Å². The first-order valence-corrected chi connectivity index (χ1v) is 4.83. The third-order valence-corrected chi connectivity index (χ3v) is 2.16. The summed E-state index contributed by atoms with van der Waals surface area (Å²) in [7, 11) is 0. The van der Waals surface area contributed by atoms with Crippen LogP contribution in [-0.4, -0.2) is 32.4 Å². The summed E-state index contributed by atoms with van der Waals surface area (Å²) in [5, 5.41) is 7.80. The van der Waals surface area contributed by atoms with Crippen molar-refractivity contribution < 1.29 is 0 Å². The maximum atomic E-state index is 4.07. The summed E-state index contributed by atoms with van der Waals surface area (Å²) in [6.07, 6.45) is 6.45. The molecule has 0 aliphatic rings. The monoisotopic (exact) mass is 216 g/mol. The van der Waals surface area contributed by atoms with Gasteiger partial charge in [0.25, 0.3) is 0 Å². The van der Waals surface area contributed by atoms with Gasteiger partial charge < -0.3 is 9.97 Å². The van der Waals surface area contributed by atoms with Crippen molar-refractivity contribution in [3.8, 4) is 0 Å².